The molecule has 1 fully saturated rings. The van der Waals surface area contributed by atoms with E-state index in [-0.39, 0.29) is 22.1 Å². The van der Waals surface area contributed by atoms with E-state index in [2.05, 4.69) is 20.4 Å². The fourth-order valence-electron chi connectivity index (χ4n) is 4.33. The van der Waals surface area contributed by atoms with Crippen molar-refractivity contribution in [2.45, 2.75) is 37.4 Å². The number of benzene rings is 2. The lowest BCUT2D eigenvalue weighted by molar-refractivity contribution is -0.210. The van der Waals surface area contributed by atoms with Gasteiger partial charge in [0.1, 0.15) is 42.0 Å². The summed E-state index contributed by atoms with van der Waals surface area (Å²) < 4.78 is 49.1. The Morgan fingerprint density at radius 1 is 1.05 bits per heavy atom. The molecular weight excluding hydrogens is 552 g/mol. The van der Waals surface area contributed by atoms with Gasteiger partial charge in [-0.2, -0.15) is 5.10 Å². The van der Waals surface area contributed by atoms with Crippen LogP contribution in [0.15, 0.2) is 36.5 Å². The number of ether oxygens (including phenoxy) is 1. The first kappa shape index (κ1) is 26.5. The predicted octanol–water partition coefficient (Wildman–Crippen LogP) is 2.95. The fourth-order valence-corrected chi connectivity index (χ4v) is 4.69. The topological polar surface area (TPSA) is 131 Å². The van der Waals surface area contributed by atoms with Crippen molar-refractivity contribution in [2.24, 2.45) is 0 Å². The summed E-state index contributed by atoms with van der Waals surface area (Å²) >= 11 is 12.5. The van der Waals surface area contributed by atoms with Crippen LogP contribution >= 0.6 is 23.2 Å². The molecule has 38 heavy (non-hydrogen) atoms. The van der Waals surface area contributed by atoms with E-state index in [4.69, 9.17) is 27.9 Å². The van der Waals surface area contributed by atoms with E-state index < -0.39 is 54.5 Å². The number of aliphatic hydroxyl groups is 3. The van der Waals surface area contributed by atoms with Crippen molar-refractivity contribution in [3.8, 4) is 16.9 Å². The smallest absolute Gasteiger partial charge is 0.194 e. The van der Waals surface area contributed by atoms with Crippen LogP contribution in [0.5, 0.6) is 0 Å². The first-order valence-corrected chi connectivity index (χ1v) is 11.9. The molecule has 5 atom stereocenters. The molecule has 3 N–H and O–H groups in total. The van der Waals surface area contributed by atoms with Gasteiger partial charge in [-0.25, -0.2) is 27.5 Å². The highest BCUT2D eigenvalue weighted by molar-refractivity contribution is 6.34. The molecule has 3 heterocycles. The average Bonchev–Trinajstić information content (AvgIpc) is 3.51. The van der Waals surface area contributed by atoms with E-state index >= 15 is 0 Å². The van der Waals surface area contributed by atoms with Gasteiger partial charge in [0.15, 0.2) is 23.3 Å². The number of aromatic nitrogens is 6. The Bertz CT molecular complexity index is 1480. The summed E-state index contributed by atoms with van der Waals surface area (Å²) in [5.41, 5.74) is 0.164. The number of aryl methyl sites for hydroxylation is 1. The molecule has 1 saturated heterocycles. The molecule has 2 aromatic carbocycles. The van der Waals surface area contributed by atoms with Crippen molar-refractivity contribution < 1.29 is 33.2 Å². The predicted molar refractivity (Wildman–Crippen MR) is 127 cm³/mol. The Labute approximate surface area is 222 Å². The Balaban J connectivity index is 1.55. The lowest BCUT2D eigenvalue weighted by Crippen LogP contribution is -2.53. The summed E-state index contributed by atoms with van der Waals surface area (Å²) in [4.78, 5) is 4.37. The minimum atomic E-state index is -1.63. The molecular formula is C23H19Cl2F3N6O4. The third-order valence-electron chi connectivity index (χ3n) is 6.12. The van der Waals surface area contributed by atoms with Gasteiger partial charge in [0, 0.05) is 10.6 Å². The minimum Gasteiger partial charge on any atom is -0.394 e. The molecule has 1 aliphatic heterocycles. The van der Waals surface area contributed by atoms with Crippen LogP contribution in [-0.2, 0) is 4.74 Å². The van der Waals surface area contributed by atoms with Gasteiger partial charge >= 0.3 is 0 Å². The summed E-state index contributed by atoms with van der Waals surface area (Å²) in [6.07, 6.45) is -4.28. The van der Waals surface area contributed by atoms with Crippen LogP contribution in [0.3, 0.4) is 0 Å². The molecule has 2 aromatic heterocycles. The molecule has 0 radical (unpaired) electrons. The van der Waals surface area contributed by atoms with E-state index in [1.165, 1.54) is 16.9 Å². The molecule has 0 bridgehead atoms. The summed E-state index contributed by atoms with van der Waals surface area (Å²) in [5, 5.41) is 44.9. The number of aliphatic hydroxyl groups excluding tert-OH is 3. The molecule has 10 nitrogen and oxygen atoms in total. The third-order valence-corrected chi connectivity index (χ3v) is 6.67. The van der Waals surface area contributed by atoms with Crippen LogP contribution in [-0.4, -0.2) is 70.0 Å². The first-order chi connectivity index (χ1) is 18.1. The van der Waals surface area contributed by atoms with Gasteiger partial charge in [-0.05, 0) is 37.3 Å². The van der Waals surface area contributed by atoms with Gasteiger partial charge in [-0.1, -0.05) is 28.4 Å². The quantitative estimate of drug-likeness (QED) is 0.312. The van der Waals surface area contributed by atoms with Crippen LogP contribution in [0.2, 0.25) is 10.0 Å². The van der Waals surface area contributed by atoms with Gasteiger partial charge in [-0.3, -0.25) is 0 Å². The highest BCUT2D eigenvalue weighted by atomic mass is 35.5. The summed E-state index contributed by atoms with van der Waals surface area (Å²) in [7, 11) is 0. The maximum Gasteiger partial charge on any atom is 0.194 e. The Hall–Kier alpha value is -3.07. The van der Waals surface area contributed by atoms with Crippen LogP contribution in [0, 0.1) is 24.4 Å². The van der Waals surface area contributed by atoms with Gasteiger partial charge in [0.2, 0.25) is 0 Å². The lowest BCUT2D eigenvalue weighted by atomic mass is 9.92. The van der Waals surface area contributed by atoms with Crippen molar-refractivity contribution in [3.05, 3.63) is 75.7 Å². The number of hydrogen-bond donors (Lipinski definition) is 3. The van der Waals surface area contributed by atoms with E-state index in [0.717, 1.165) is 16.8 Å². The van der Waals surface area contributed by atoms with Crippen molar-refractivity contribution >= 4 is 23.2 Å². The molecule has 0 aliphatic carbocycles. The SMILES string of the molecule is Cc1nc([C@@H]2O[C@H](CO)[C@H](O)[C@H](n3cc(-c4cc(F)c(F)c(F)c4)nn3)[C@H]2O)n(-c2cc(Cl)ccc2Cl)n1. The number of nitrogens with zero attached hydrogens (tertiary/aromatic N) is 6. The Morgan fingerprint density at radius 2 is 1.76 bits per heavy atom. The van der Waals surface area contributed by atoms with Crippen LogP contribution in [0.4, 0.5) is 13.2 Å². The highest BCUT2D eigenvalue weighted by Gasteiger charge is 2.48. The Kier molecular flexibility index (Phi) is 7.15. The molecule has 0 spiro atoms. The second kappa shape index (κ2) is 10.2. The summed E-state index contributed by atoms with van der Waals surface area (Å²) in [5.74, 6) is -4.08. The Morgan fingerprint density at radius 3 is 2.45 bits per heavy atom. The highest BCUT2D eigenvalue weighted by Crippen LogP contribution is 2.39. The summed E-state index contributed by atoms with van der Waals surface area (Å²) in [6.45, 7) is 0.968. The molecule has 0 unspecified atom stereocenters. The monoisotopic (exact) mass is 570 g/mol. The van der Waals surface area contributed by atoms with Crippen molar-refractivity contribution in [1.29, 1.82) is 0 Å². The normalized spacial score (nSPS) is 23.7. The zero-order valence-electron chi connectivity index (χ0n) is 19.4. The van der Waals surface area contributed by atoms with E-state index in [9.17, 15) is 28.5 Å². The number of hydrogen-bond acceptors (Lipinski definition) is 8. The van der Waals surface area contributed by atoms with E-state index in [1.807, 2.05) is 0 Å². The third kappa shape index (κ3) is 4.65. The number of rotatable bonds is 5. The molecule has 15 heteroatoms. The van der Waals surface area contributed by atoms with Crippen LogP contribution < -0.4 is 0 Å². The standard InChI is InChI=1S/C23H19Cl2F3N6O4/c1-9-29-23(34(31-9)16-6-11(24)2-3-12(16)25)22-21(37)19(20(36)17(8-35)38-22)33-7-15(30-32-33)10-4-13(26)18(28)14(27)5-10/h2-7,17,19-22,35-37H,8H2,1H3/t17-,19+,20+,21-,22-/m1/s1. The second-order valence-corrected chi connectivity index (χ2v) is 9.46. The average molecular weight is 571 g/mol. The minimum absolute atomic E-state index is 0.0597. The zero-order chi connectivity index (χ0) is 27.3. The molecule has 5 rings (SSSR count). The van der Waals surface area contributed by atoms with Gasteiger partial charge < -0.3 is 20.1 Å². The van der Waals surface area contributed by atoms with Gasteiger partial charge in [-0.15, -0.1) is 5.10 Å². The van der Waals surface area contributed by atoms with Gasteiger partial charge in [0.05, 0.1) is 23.5 Å². The largest absolute Gasteiger partial charge is 0.394 e. The van der Waals surface area contributed by atoms with Crippen molar-refractivity contribution in [3.63, 3.8) is 0 Å². The molecule has 0 saturated carbocycles. The van der Waals surface area contributed by atoms with E-state index in [0.29, 0.717) is 16.5 Å². The maximum atomic E-state index is 13.8. The summed E-state index contributed by atoms with van der Waals surface area (Å²) in [6, 6.07) is 4.89. The van der Waals surface area contributed by atoms with Crippen molar-refractivity contribution in [2.75, 3.05) is 6.61 Å². The van der Waals surface area contributed by atoms with Crippen molar-refractivity contribution in [1.82, 2.24) is 29.8 Å². The fraction of sp³-hybridized carbons (Fsp3) is 0.304. The lowest BCUT2D eigenvalue weighted by Gasteiger charge is -2.41. The molecule has 200 valence electrons. The molecule has 1 aliphatic rings. The number of halogens is 5. The van der Waals surface area contributed by atoms with Gasteiger partial charge in [0.25, 0.3) is 0 Å². The van der Waals surface area contributed by atoms with E-state index in [1.54, 1.807) is 19.1 Å². The zero-order valence-corrected chi connectivity index (χ0v) is 20.9. The second-order valence-electron chi connectivity index (χ2n) is 8.61. The first-order valence-electron chi connectivity index (χ1n) is 11.2. The molecule has 4 aromatic rings. The molecule has 0 amide bonds. The van der Waals surface area contributed by atoms with Crippen LogP contribution in [0.25, 0.3) is 16.9 Å². The van der Waals surface area contributed by atoms with Crippen LogP contribution in [0.1, 0.15) is 23.8 Å². The maximum absolute atomic E-state index is 13.8.